The van der Waals surface area contributed by atoms with Crippen molar-refractivity contribution in [3.8, 4) is 11.3 Å². The molecule has 0 amide bonds. The molecular formula is C23H17FN8O4. The van der Waals surface area contributed by atoms with E-state index in [2.05, 4.69) is 40.8 Å². The smallest absolute Gasteiger partial charge is 0.272 e. The van der Waals surface area contributed by atoms with Gasteiger partial charge >= 0.3 is 0 Å². The number of hydrogen-bond donors (Lipinski definition) is 2. The number of benzene rings is 2. The van der Waals surface area contributed by atoms with Crippen LogP contribution < -0.4 is 10.7 Å². The number of halogens is 1. The van der Waals surface area contributed by atoms with Crippen LogP contribution in [-0.4, -0.2) is 31.4 Å². The van der Waals surface area contributed by atoms with Gasteiger partial charge in [-0.15, -0.1) is 0 Å². The molecule has 0 saturated heterocycles. The topological polar surface area (TPSA) is 157 Å². The SMILES string of the molecule is Cc1cc([N+](=O)[O-])c(C)cc1-c1ccc(/C=N/Nc2nc3nonc3nc2Nc2ccc(F)cc2)o1. The summed E-state index contributed by atoms with van der Waals surface area (Å²) in [7, 11) is 0. The van der Waals surface area contributed by atoms with Crippen molar-refractivity contribution in [1.29, 1.82) is 0 Å². The Morgan fingerprint density at radius 2 is 1.72 bits per heavy atom. The summed E-state index contributed by atoms with van der Waals surface area (Å²) in [5.41, 5.74) is 5.74. The first-order valence-electron chi connectivity index (χ1n) is 10.6. The maximum Gasteiger partial charge on any atom is 0.272 e. The van der Waals surface area contributed by atoms with E-state index in [9.17, 15) is 14.5 Å². The van der Waals surface area contributed by atoms with E-state index in [4.69, 9.17) is 4.42 Å². The van der Waals surface area contributed by atoms with Crippen molar-refractivity contribution in [1.82, 2.24) is 20.3 Å². The van der Waals surface area contributed by atoms with Crippen molar-refractivity contribution < 1.29 is 18.4 Å². The Kier molecular flexibility index (Phi) is 5.78. The highest BCUT2D eigenvalue weighted by molar-refractivity contribution is 5.80. The number of nitrogens with one attached hydrogen (secondary N) is 2. The lowest BCUT2D eigenvalue weighted by atomic mass is 10.0. The molecule has 0 fully saturated rings. The molecule has 0 aliphatic rings. The zero-order valence-electron chi connectivity index (χ0n) is 18.9. The highest BCUT2D eigenvalue weighted by Gasteiger charge is 2.16. The summed E-state index contributed by atoms with van der Waals surface area (Å²) in [5.74, 6) is 1.08. The van der Waals surface area contributed by atoms with Gasteiger partial charge in [-0.05, 0) is 72.2 Å². The standard InChI is InChI=1S/C23H17FN8O4/c1-12-10-18(32(33)34)13(2)9-17(12)19-8-7-16(35-19)11-25-29-21-20(26-15-5-3-14(24)4-6-15)27-22-23(28-21)31-36-30-22/h3-11H,1-2H3,(H,26,27,30)(H,28,29,31)/b25-11+. The number of anilines is 3. The summed E-state index contributed by atoms with van der Waals surface area (Å²) in [4.78, 5) is 19.4. The molecule has 12 nitrogen and oxygen atoms in total. The first-order chi connectivity index (χ1) is 17.4. The highest BCUT2D eigenvalue weighted by Crippen LogP contribution is 2.31. The Morgan fingerprint density at radius 3 is 2.44 bits per heavy atom. The van der Waals surface area contributed by atoms with E-state index in [0.717, 1.165) is 5.56 Å². The van der Waals surface area contributed by atoms with Crippen molar-refractivity contribution in [2.24, 2.45) is 5.10 Å². The molecular weight excluding hydrogens is 471 g/mol. The van der Waals surface area contributed by atoms with Crippen LogP contribution in [0.5, 0.6) is 0 Å². The molecule has 0 bridgehead atoms. The minimum Gasteiger partial charge on any atom is -0.455 e. The first kappa shape index (κ1) is 22.6. The minimum atomic E-state index is -0.410. The summed E-state index contributed by atoms with van der Waals surface area (Å²) in [6, 6.07) is 12.4. The summed E-state index contributed by atoms with van der Waals surface area (Å²) in [6.45, 7) is 3.46. The molecule has 2 N–H and O–H groups in total. The number of aryl methyl sites for hydroxylation is 2. The predicted octanol–water partition coefficient (Wildman–Crippen LogP) is 5.13. The first-order valence-corrected chi connectivity index (χ1v) is 10.6. The fourth-order valence-electron chi connectivity index (χ4n) is 3.46. The lowest BCUT2D eigenvalue weighted by molar-refractivity contribution is -0.385. The van der Waals surface area contributed by atoms with Crippen LogP contribution in [0.15, 0.2) is 62.7 Å². The zero-order chi connectivity index (χ0) is 25.2. The zero-order valence-corrected chi connectivity index (χ0v) is 18.9. The summed E-state index contributed by atoms with van der Waals surface area (Å²) < 4.78 is 23.8. The van der Waals surface area contributed by atoms with Gasteiger partial charge in [0.1, 0.15) is 17.3 Å². The number of nitro benzene ring substituents is 1. The molecule has 3 heterocycles. The second-order valence-electron chi connectivity index (χ2n) is 7.75. The van der Waals surface area contributed by atoms with Gasteiger partial charge in [-0.2, -0.15) is 10.1 Å². The van der Waals surface area contributed by atoms with E-state index >= 15 is 0 Å². The van der Waals surface area contributed by atoms with Crippen LogP contribution in [0.1, 0.15) is 16.9 Å². The molecule has 36 heavy (non-hydrogen) atoms. The highest BCUT2D eigenvalue weighted by atomic mass is 19.1. The largest absolute Gasteiger partial charge is 0.455 e. The number of nitrogens with zero attached hydrogens (tertiary/aromatic N) is 6. The van der Waals surface area contributed by atoms with E-state index in [1.165, 1.54) is 24.4 Å². The molecule has 0 spiro atoms. The number of fused-ring (bicyclic) bond motifs is 1. The van der Waals surface area contributed by atoms with E-state index in [-0.39, 0.29) is 34.4 Å². The molecule has 0 saturated carbocycles. The molecule has 0 atom stereocenters. The third-order valence-electron chi connectivity index (χ3n) is 5.22. The van der Waals surface area contributed by atoms with Gasteiger partial charge in [-0.3, -0.25) is 15.5 Å². The number of rotatable bonds is 7. The van der Waals surface area contributed by atoms with Crippen LogP contribution >= 0.6 is 0 Å². The number of hydrazone groups is 1. The Labute approximate surface area is 202 Å². The quantitative estimate of drug-likeness (QED) is 0.179. The maximum atomic E-state index is 13.2. The van der Waals surface area contributed by atoms with Crippen LogP contribution in [0.2, 0.25) is 0 Å². The van der Waals surface area contributed by atoms with Gasteiger partial charge in [0.15, 0.2) is 11.6 Å². The lowest BCUT2D eigenvalue weighted by Crippen LogP contribution is -2.03. The van der Waals surface area contributed by atoms with E-state index in [0.29, 0.717) is 28.3 Å². The number of aromatic nitrogens is 4. The molecule has 13 heteroatoms. The normalized spacial score (nSPS) is 11.3. The van der Waals surface area contributed by atoms with Crippen molar-refractivity contribution in [3.05, 3.63) is 81.3 Å². The molecule has 5 rings (SSSR count). The third-order valence-corrected chi connectivity index (χ3v) is 5.22. The van der Waals surface area contributed by atoms with E-state index in [1.54, 1.807) is 44.2 Å². The summed E-state index contributed by atoms with van der Waals surface area (Å²) >= 11 is 0. The second kappa shape index (κ2) is 9.21. The molecule has 2 aromatic carbocycles. The Hall–Kier alpha value is -5.20. The predicted molar refractivity (Wildman–Crippen MR) is 129 cm³/mol. The fraction of sp³-hybridized carbons (Fsp3) is 0.0870. The van der Waals surface area contributed by atoms with Gasteiger partial charge < -0.3 is 9.73 Å². The van der Waals surface area contributed by atoms with Crippen LogP contribution in [-0.2, 0) is 0 Å². The number of nitro groups is 1. The van der Waals surface area contributed by atoms with Crippen molar-refractivity contribution in [2.45, 2.75) is 13.8 Å². The van der Waals surface area contributed by atoms with Crippen LogP contribution in [0.4, 0.5) is 27.4 Å². The average molecular weight is 488 g/mol. The van der Waals surface area contributed by atoms with Gasteiger partial charge in [0.2, 0.25) is 11.3 Å². The van der Waals surface area contributed by atoms with Gasteiger partial charge in [-0.25, -0.2) is 14.0 Å². The van der Waals surface area contributed by atoms with Crippen molar-refractivity contribution in [3.63, 3.8) is 0 Å². The number of furan rings is 1. The van der Waals surface area contributed by atoms with Crippen LogP contribution in [0.25, 0.3) is 22.6 Å². The molecule has 0 aliphatic carbocycles. The van der Waals surface area contributed by atoms with Crippen LogP contribution in [0, 0.1) is 29.8 Å². The van der Waals surface area contributed by atoms with Gasteiger partial charge in [0.05, 0.1) is 11.1 Å². The average Bonchev–Trinajstić information content (AvgIpc) is 3.51. The molecule has 0 unspecified atom stereocenters. The van der Waals surface area contributed by atoms with E-state index in [1.807, 2.05) is 0 Å². The van der Waals surface area contributed by atoms with Crippen molar-refractivity contribution in [2.75, 3.05) is 10.7 Å². The summed E-state index contributed by atoms with van der Waals surface area (Å²) in [6.07, 6.45) is 1.44. The molecule has 180 valence electrons. The summed E-state index contributed by atoms with van der Waals surface area (Å²) in [5, 5.41) is 25.7. The Bertz CT molecular complexity index is 1610. The Balaban J connectivity index is 1.37. The fourth-order valence-corrected chi connectivity index (χ4v) is 3.46. The van der Waals surface area contributed by atoms with Gasteiger partial charge in [0, 0.05) is 22.9 Å². The van der Waals surface area contributed by atoms with Crippen LogP contribution in [0.3, 0.4) is 0 Å². The van der Waals surface area contributed by atoms with Gasteiger partial charge in [-0.1, -0.05) is 0 Å². The molecule has 3 aromatic heterocycles. The molecule has 0 radical (unpaired) electrons. The minimum absolute atomic E-state index is 0.0548. The number of hydrogen-bond acceptors (Lipinski definition) is 11. The van der Waals surface area contributed by atoms with Crippen molar-refractivity contribution >= 4 is 40.5 Å². The maximum absolute atomic E-state index is 13.2. The Morgan fingerprint density at radius 1 is 1.00 bits per heavy atom. The second-order valence-corrected chi connectivity index (χ2v) is 7.75. The van der Waals surface area contributed by atoms with E-state index < -0.39 is 4.92 Å². The monoisotopic (exact) mass is 488 g/mol. The third kappa shape index (κ3) is 4.57. The molecule has 5 aromatic rings. The lowest BCUT2D eigenvalue weighted by Gasteiger charge is -2.09. The van der Waals surface area contributed by atoms with Gasteiger partial charge in [0.25, 0.3) is 5.69 Å². The molecule has 0 aliphatic heterocycles.